The summed E-state index contributed by atoms with van der Waals surface area (Å²) in [5.74, 6) is 2.03. The van der Waals surface area contributed by atoms with E-state index < -0.39 is 0 Å². The molecule has 0 saturated carbocycles. The minimum atomic E-state index is 0.600. The van der Waals surface area contributed by atoms with Gasteiger partial charge in [0.25, 0.3) is 0 Å². The lowest BCUT2D eigenvalue weighted by Gasteiger charge is -2.29. The molecule has 1 heteroatoms. The maximum Gasteiger partial charge on any atom is 0.0395 e. The first-order valence-corrected chi connectivity index (χ1v) is 6.69. The second-order valence-corrected chi connectivity index (χ2v) is 5.12. The van der Waals surface area contributed by atoms with Gasteiger partial charge >= 0.3 is 0 Å². The molecular formula is C16H25N. The van der Waals surface area contributed by atoms with Crippen molar-refractivity contribution in [2.45, 2.75) is 40.5 Å². The summed E-state index contributed by atoms with van der Waals surface area (Å²) in [5.41, 5.74) is 11.2. The van der Waals surface area contributed by atoms with E-state index >= 15 is 0 Å². The van der Waals surface area contributed by atoms with E-state index in [1.54, 1.807) is 0 Å². The third kappa shape index (κ3) is 3.64. The first kappa shape index (κ1) is 13.9. The molecule has 0 aromatic carbocycles. The van der Waals surface area contributed by atoms with E-state index in [1.165, 1.54) is 18.4 Å². The van der Waals surface area contributed by atoms with Gasteiger partial charge in [-0.2, -0.15) is 0 Å². The Labute approximate surface area is 106 Å². The Kier molecular flexibility index (Phi) is 5.31. The average Bonchev–Trinajstić information content (AvgIpc) is 2.49. The van der Waals surface area contributed by atoms with Crippen molar-refractivity contribution in [2.24, 2.45) is 23.5 Å². The first-order valence-electron chi connectivity index (χ1n) is 6.69. The summed E-state index contributed by atoms with van der Waals surface area (Å²) in [6.45, 7) is 9.18. The van der Waals surface area contributed by atoms with E-state index in [0.29, 0.717) is 11.8 Å². The van der Waals surface area contributed by atoms with Gasteiger partial charge in [-0.15, -0.1) is 5.73 Å². The van der Waals surface area contributed by atoms with Crippen LogP contribution in [0.3, 0.4) is 0 Å². The van der Waals surface area contributed by atoms with Crippen LogP contribution in [0.2, 0.25) is 0 Å². The largest absolute Gasteiger partial charge is 0.398 e. The van der Waals surface area contributed by atoms with Gasteiger partial charge in [0.1, 0.15) is 0 Å². The molecule has 0 saturated heterocycles. The predicted molar refractivity (Wildman–Crippen MR) is 75.4 cm³/mol. The number of hydrogen-bond acceptors (Lipinski definition) is 1. The summed E-state index contributed by atoms with van der Waals surface area (Å²) >= 11 is 0. The minimum absolute atomic E-state index is 0.600. The molecule has 2 atom stereocenters. The Morgan fingerprint density at radius 1 is 1.24 bits per heavy atom. The Morgan fingerprint density at radius 2 is 1.94 bits per heavy atom. The molecule has 0 amide bonds. The third-order valence-corrected chi connectivity index (χ3v) is 3.67. The number of nitrogens with two attached hydrogens (primary N) is 1. The lowest BCUT2D eigenvalue weighted by atomic mass is 9.75. The maximum absolute atomic E-state index is 5.92. The molecule has 0 spiro atoms. The normalized spacial score (nSPS) is 18.6. The van der Waals surface area contributed by atoms with Gasteiger partial charge in [-0.05, 0) is 41.9 Å². The Morgan fingerprint density at radius 3 is 2.47 bits per heavy atom. The van der Waals surface area contributed by atoms with Crippen LogP contribution in [-0.4, -0.2) is 0 Å². The van der Waals surface area contributed by atoms with Gasteiger partial charge in [0.2, 0.25) is 0 Å². The van der Waals surface area contributed by atoms with Crippen molar-refractivity contribution < 1.29 is 0 Å². The molecule has 0 radical (unpaired) electrons. The molecule has 1 nitrogen and oxygen atoms in total. The van der Waals surface area contributed by atoms with Crippen molar-refractivity contribution in [1.29, 1.82) is 0 Å². The van der Waals surface area contributed by atoms with Crippen LogP contribution >= 0.6 is 0 Å². The van der Waals surface area contributed by atoms with E-state index in [9.17, 15) is 0 Å². The molecule has 0 aromatic heterocycles. The number of hydrogen-bond donors (Lipinski definition) is 1. The molecule has 0 aromatic rings. The molecule has 0 bridgehead atoms. The van der Waals surface area contributed by atoms with Crippen LogP contribution in [0.4, 0.5) is 0 Å². The van der Waals surface area contributed by atoms with Crippen LogP contribution in [0.25, 0.3) is 0 Å². The van der Waals surface area contributed by atoms with Crippen LogP contribution in [0.15, 0.2) is 41.3 Å². The van der Waals surface area contributed by atoms with Gasteiger partial charge in [0, 0.05) is 11.8 Å². The van der Waals surface area contributed by atoms with Crippen LogP contribution in [0.5, 0.6) is 0 Å². The van der Waals surface area contributed by atoms with Crippen molar-refractivity contribution >= 4 is 0 Å². The SMILES string of the molecule is CCC(C1=CC=C=CC(N)=C1)C(CC)C(C)C. The van der Waals surface area contributed by atoms with E-state index in [4.69, 9.17) is 5.73 Å². The predicted octanol–water partition coefficient (Wildman–Crippen LogP) is 4.19. The molecule has 2 unspecified atom stereocenters. The van der Waals surface area contributed by atoms with Crippen molar-refractivity contribution in [2.75, 3.05) is 0 Å². The number of allylic oxidation sites excluding steroid dienone is 4. The molecule has 94 valence electrons. The fraction of sp³-hybridized carbons (Fsp3) is 0.562. The van der Waals surface area contributed by atoms with Crippen LogP contribution in [-0.2, 0) is 0 Å². The zero-order valence-electron chi connectivity index (χ0n) is 11.5. The van der Waals surface area contributed by atoms with Gasteiger partial charge in [-0.3, -0.25) is 0 Å². The molecule has 17 heavy (non-hydrogen) atoms. The van der Waals surface area contributed by atoms with Gasteiger partial charge < -0.3 is 5.73 Å². The van der Waals surface area contributed by atoms with Crippen LogP contribution in [0.1, 0.15) is 40.5 Å². The van der Waals surface area contributed by atoms with Gasteiger partial charge in [0.05, 0.1) is 0 Å². The second kappa shape index (κ2) is 6.51. The number of rotatable bonds is 5. The van der Waals surface area contributed by atoms with Crippen molar-refractivity contribution in [3.8, 4) is 0 Å². The van der Waals surface area contributed by atoms with E-state index in [2.05, 4.69) is 45.6 Å². The summed E-state index contributed by atoms with van der Waals surface area (Å²) in [7, 11) is 0. The Bertz CT molecular complexity index is 365. The highest BCUT2D eigenvalue weighted by Gasteiger charge is 2.23. The molecule has 0 heterocycles. The molecule has 0 aliphatic heterocycles. The first-order chi connectivity index (χ1) is 8.10. The summed E-state index contributed by atoms with van der Waals surface area (Å²) < 4.78 is 0. The van der Waals surface area contributed by atoms with E-state index in [0.717, 1.165) is 11.6 Å². The fourth-order valence-corrected chi connectivity index (χ4v) is 2.81. The molecule has 2 N–H and O–H groups in total. The van der Waals surface area contributed by atoms with Gasteiger partial charge in [0.15, 0.2) is 0 Å². The van der Waals surface area contributed by atoms with Gasteiger partial charge in [-0.1, -0.05) is 40.2 Å². The minimum Gasteiger partial charge on any atom is -0.398 e. The molecule has 0 fully saturated rings. The monoisotopic (exact) mass is 231 g/mol. The van der Waals surface area contributed by atoms with Gasteiger partial charge in [-0.25, -0.2) is 0 Å². The summed E-state index contributed by atoms with van der Waals surface area (Å²) in [5, 5.41) is 0. The zero-order chi connectivity index (χ0) is 12.8. The molecular weight excluding hydrogens is 206 g/mol. The topological polar surface area (TPSA) is 26.0 Å². The fourth-order valence-electron chi connectivity index (χ4n) is 2.81. The average molecular weight is 231 g/mol. The summed E-state index contributed by atoms with van der Waals surface area (Å²) in [6, 6.07) is 0. The summed E-state index contributed by atoms with van der Waals surface area (Å²) in [6.07, 6.45) is 10.5. The molecule has 1 aliphatic rings. The standard InChI is InChI=1S/C16H25N/c1-5-15(12(3)4)16(6-2)13-9-7-8-10-14(17)11-13/h7,9-12,15-16H,5-6,17H2,1-4H3. The Balaban J connectivity index is 2.99. The lowest BCUT2D eigenvalue weighted by molar-refractivity contribution is 0.273. The molecule has 1 aliphatic carbocycles. The van der Waals surface area contributed by atoms with E-state index in [-0.39, 0.29) is 0 Å². The molecule has 1 rings (SSSR count). The quantitative estimate of drug-likeness (QED) is 0.705. The highest BCUT2D eigenvalue weighted by molar-refractivity contribution is 5.35. The smallest absolute Gasteiger partial charge is 0.0395 e. The maximum atomic E-state index is 5.92. The highest BCUT2D eigenvalue weighted by Crippen LogP contribution is 2.33. The highest BCUT2D eigenvalue weighted by atomic mass is 14.6. The second-order valence-electron chi connectivity index (χ2n) is 5.12. The van der Waals surface area contributed by atoms with Crippen molar-refractivity contribution in [3.63, 3.8) is 0 Å². The van der Waals surface area contributed by atoms with Crippen LogP contribution in [0, 0.1) is 17.8 Å². The van der Waals surface area contributed by atoms with Crippen molar-refractivity contribution in [1.82, 2.24) is 0 Å². The van der Waals surface area contributed by atoms with E-state index in [1.807, 2.05) is 12.2 Å². The lowest BCUT2D eigenvalue weighted by Crippen LogP contribution is -2.21. The third-order valence-electron chi connectivity index (χ3n) is 3.67. The summed E-state index contributed by atoms with van der Waals surface area (Å²) in [4.78, 5) is 0. The zero-order valence-corrected chi connectivity index (χ0v) is 11.5. The van der Waals surface area contributed by atoms with Crippen LogP contribution < -0.4 is 5.73 Å². The Hall–Kier alpha value is -1.20. The van der Waals surface area contributed by atoms with Crippen molar-refractivity contribution in [3.05, 3.63) is 41.3 Å².